The number of nitro groups is 1. The van der Waals surface area contributed by atoms with E-state index in [2.05, 4.69) is 4.99 Å². The number of nitro benzene ring substituents is 1. The molecule has 0 fully saturated rings. The molecule has 2 aliphatic rings. The van der Waals surface area contributed by atoms with Gasteiger partial charge in [-0.15, -0.1) is 0 Å². The summed E-state index contributed by atoms with van der Waals surface area (Å²) < 4.78 is 0. The molecule has 0 atom stereocenters. The van der Waals surface area contributed by atoms with Crippen LogP contribution in [0.1, 0.15) is 12.0 Å². The molecule has 0 spiro atoms. The second-order valence-electron chi connectivity index (χ2n) is 3.73. The summed E-state index contributed by atoms with van der Waals surface area (Å²) in [5.74, 6) is 0. The molecule has 4 nitrogen and oxygen atoms in total. The van der Waals surface area contributed by atoms with Crippen molar-refractivity contribution in [3.05, 3.63) is 52.1 Å². The summed E-state index contributed by atoms with van der Waals surface area (Å²) in [6.45, 7) is 0. The lowest BCUT2D eigenvalue weighted by atomic mass is 9.97. The quantitative estimate of drug-likeness (QED) is 0.530. The molecule has 0 saturated carbocycles. The zero-order chi connectivity index (χ0) is 11.1. The van der Waals surface area contributed by atoms with Crippen molar-refractivity contribution in [1.82, 2.24) is 0 Å². The van der Waals surface area contributed by atoms with Gasteiger partial charge < -0.3 is 0 Å². The van der Waals surface area contributed by atoms with Gasteiger partial charge in [0, 0.05) is 29.7 Å². The topological polar surface area (TPSA) is 55.5 Å². The Bertz CT molecular complexity index is 583. The number of benzene rings is 1. The Labute approximate surface area is 91.8 Å². The minimum absolute atomic E-state index is 0.116. The van der Waals surface area contributed by atoms with Gasteiger partial charge in [0.1, 0.15) is 0 Å². The molecule has 78 valence electrons. The standard InChI is InChI=1S/C12H8N2O2/c15-14(16)8-5-6-12-10(7-8)9-3-1-2-4-11(9)13-12/h1-3,5-7H,4H2. The highest BCUT2D eigenvalue weighted by Crippen LogP contribution is 2.39. The van der Waals surface area contributed by atoms with Gasteiger partial charge in [-0.1, -0.05) is 18.2 Å². The fourth-order valence-corrected chi connectivity index (χ4v) is 2.00. The molecular weight excluding hydrogens is 204 g/mol. The molecule has 0 amide bonds. The molecule has 0 bridgehead atoms. The van der Waals surface area contributed by atoms with E-state index in [-0.39, 0.29) is 10.6 Å². The van der Waals surface area contributed by atoms with Crippen molar-refractivity contribution in [1.29, 1.82) is 0 Å². The third-order valence-corrected chi connectivity index (χ3v) is 2.76. The van der Waals surface area contributed by atoms with E-state index in [1.54, 1.807) is 12.1 Å². The lowest BCUT2D eigenvalue weighted by molar-refractivity contribution is -0.384. The summed E-state index contributed by atoms with van der Waals surface area (Å²) in [5, 5.41) is 10.7. The average molecular weight is 212 g/mol. The maximum Gasteiger partial charge on any atom is 0.270 e. The molecule has 0 radical (unpaired) electrons. The summed E-state index contributed by atoms with van der Waals surface area (Å²) >= 11 is 0. The van der Waals surface area contributed by atoms with Gasteiger partial charge in [0.05, 0.1) is 16.3 Å². The van der Waals surface area contributed by atoms with E-state index >= 15 is 0 Å². The van der Waals surface area contributed by atoms with E-state index < -0.39 is 0 Å². The number of allylic oxidation sites excluding steroid dienone is 4. The molecule has 0 aromatic heterocycles. The van der Waals surface area contributed by atoms with Crippen LogP contribution in [0.5, 0.6) is 0 Å². The summed E-state index contributed by atoms with van der Waals surface area (Å²) in [4.78, 5) is 14.8. The van der Waals surface area contributed by atoms with Crippen LogP contribution in [0.25, 0.3) is 5.57 Å². The SMILES string of the molecule is O=[N+]([O-])c1ccc2c(c1)C1=CC=CCC1=N2. The number of non-ortho nitro benzene ring substituents is 1. The second-order valence-corrected chi connectivity index (χ2v) is 3.73. The van der Waals surface area contributed by atoms with Crippen molar-refractivity contribution in [3.8, 4) is 0 Å². The number of aliphatic imine (C=N–C) groups is 1. The van der Waals surface area contributed by atoms with Crippen LogP contribution in [0.3, 0.4) is 0 Å². The third-order valence-electron chi connectivity index (χ3n) is 2.76. The molecule has 0 N–H and O–H groups in total. The Hall–Kier alpha value is -2.23. The van der Waals surface area contributed by atoms with Gasteiger partial charge in [0.25, 0.3) is 5.69 Å². The van der Waals surface area contributed by atoms with Crippen molar-refractivity contribution in [3.63, 3.8) is 0 Å². The summed E-state index contributed by atoms with van der Waals surface area (Å²) in [6.07, 6.45) is 6.75. The van der Waals surface area contributed by atoms with Crippen molar-refractivity contribution in [2.75, 3.05) is 0 Å². The number of nitrogens with zero attached hydrogens (tertiary/aromatic N) is 2. The molecule has 0 saturated heterocycles. The minimum atomic E-state index is -0.377. The molecule has 3 rings (SSSR count). The predicted molar refractivity (Wildman–Crippen MR) is 61.9 cm³/mol. The number of rotatable bonds is 1. The Balaban J connectivity index is 2.17. The fraction of sp³-hybridized carbons (Fsp3) is 0.0833. The zero-order valence-electron chi connectivity index (χ0n) is 8.38. The van der Waals surface area contributed by atoms with Crippen molar-refractivity contribution < 1.29 is 4.92 Å². The lowest BCUT2D eigenvalue weighted by Crippen LogP contribution is -1.98. The number of hydrogen-bond donors (Lipinski definition) is 0. The molecule has 1 aliphatic heterocycles. The van der Waals surface area contributed by atoms with Gasteiger partial charge in [-0.2, -0.15) is 0 Å². The molecule has 4 heteroatoms. The van der Waals surface area contributed by atoms with Crippen LogP contribution < -0.4 is 0 Å². The van der Waals surface area contributed by atoms with Crippen molar-refractivity contribution in [2.24, 2.45) is 4.99 Å². The number of hydrogen-bond acceptors (Lipinski definition) is 3. The molecular formula is C12H8N2O2. The normalized spacial score (nSPS) is 16.2. The van der Waals surface area contributed by atoms with Crippen LogP contribution in [0.15, 0.2) is 41.4 Å². The smallest absolute Gasteiger partial charge is 0.258 e. The molecule has 1 aliphatic carbocycles. The van der Waals surface area contributed by atoms with E-state index in [0.29, 0.717) is 0 Å². The Kier molecular flexibility index (Phi) is 1.77. The Morgan fingerprint density at radius 1 is 1.38 bits per heavy atom. The maximum absolute atomic E-state index is 10.7. The molecule has 1 aromatic rings. The van der Waals surface area contributed by atoms with Gasteiger partial charge in [-0.05, 0) is 6.07 Å². The van der Waals surface area contributed by atoms with E-state index in [1.807, 2.05) is 18.2 Å². The summed E-state index contributed by atoms with van der Waals surface area (Å²) in [6, 6.07) is 4.80. The Morgan fingerprint density at radius 3 is 3.06 bits per heavy atom. The molecule has 0 unspecified atom stereocenters. The van der Waals surface area contributed by atoms with Crippen LogP contribution in [0.2, 0.25) is 0 Å². The van der Waals surface area contributed by atoms with Crippen LogP contribution >= 0.6 is 0 Å². The first kappa shape index (κ1) is 9.03. The largest absolute Gasteiger partial charge is 0.270 e. The summed E-state index contributed by atoms with van der Waals surface area (Å²) in [7, 11) is 0. The minimum Gasteiger partial charge on any atom is -0.258 e. The van der Waals surface area contributed by atoms with Crippen LogP contribution in [0, 0.1) is 10.1 Å². The van der Waals surface area contributed by atoms with Gasteiger partial charge in [0.15, 0.2) is 0 Å². The summed E-state index contributed by atoms with van der Waals surface area (Å²) in [5.41, 5.74) is 3.83. The lowest BCUT2D eigenvalue weighted by Gasteiger charge is -2.05. The van der Waals surface area contributed by atoms with E-state index in [1.165, 1.54) is 6.07 Å². The highest BCUT2D eigenvalue weighted by Gasteiger charge is 2.23. The van der Waals surface area contributed by atoms with Crippen LogP contribution in [-0.4, -0.2) is 10.6 Å². The van der Waals surface area contributed by atoms with Crippen LogP contribution in [0.4, 0.5) is 11.4 Å². The van der Waals surface area contributed by atoms with Crippen molar-refractivity contribution in [2.45, 2.75) is 6.42 Å². The highest BCUT2D eigenvalue weighted by atomic mass is 16.6. The Morgan fingerprint density at radius 2 is 2.25 bits per heavy atom. The number of fused-ring (bicyclic) bond motifs is 3. The van der Waals surface area contributed by atoms with Crippen molar-refractivity contribution >= 4 is 22.7 Å². The van der Waals surface area contributed by atoms with Gasteiger partial charge in [0.2, 0.25) is 0 Å². The zero-order valence-corrected chi connectivity index (χ0v) is 8.38. The van der Waals surface area contributed by atoms with Crippen LogP contribution in [-0.2, 0) is 0 Å². The van der Waals surface area contributed by atoms with E-state index in [0.717, 1.165) is 29.0 Å². The first-order valence-electron chi connectivity index (χ1n) is 4.99. The fourth-order valence-electron chi connectivity index (χ4n) is 2.00. The van der Waals surface area contributed by atoms with Gasteiger partial charge in [-0.3, -0.25) is 15.1 Å². The average Bonchev–Trinajstić information content (AvgIpc) is 2.66. The molecule has 1 aromatic carbocycles. The molecule has 1 heterocycles. The monoisotopic (exact) mass is 212 g/mol. The molecule has 16 heavy (non-hydrogen) atoms. The van der Waals surface area contributed by atoms with Gasteiger partial charge in [-0.25, -0.2) is 0 Å². The third kappa shape index (κ3) is 1.20. The van der Waals surface area contributed by atoms with E-state index in [4.69, 9.17) is 0 Å². The second kappa shape index (κ2) is 3.13. The maximum atomic E-state index is 10.7. The first-order valence-corrected chi connectivity index (χ1v) is 4.99. The van der Waals surface area contributed by atoms with Gasteiger partial charge >= 0.3 is 0 Å². The first-order chi connectivity index (χ1) is 7.75. The predicted octanol–water partition coefficient (Wildman–Crippen LogP) is 3.02. The highest BCUT2D eigenvalue weighted by molar-refractivity contribution is 6.30. The van der Waals surface area contributed by atoms with E-state index in [9.17, 15) is 10.1 Å².